The van der Waals surface area contributed by atoms with Gasteiger partial charge < -0.3 is 9.80 Å². The van der Waals surface area contributed by atoms with Gasteiger partial charge in [0.1, 0.15) is 0 Å². The third-order valence-corrected chi connectivity index (χ3v) is 4.06. The van der Waals surface area contributed by atoms with Crippen molar-refractivity contribution in [3.63, 3.8) is 0 Å². The highest BCUT2D eigenvalue weighted by Gasteiger charge is 2.26. The summed E-state index contributed by atoms with van der Waals surface area (Å²) in [4.78, 5) is 27.3. The van der Waals surface area contributed by atoms with Gasteiger partial charge in [0.25, 0.3) is 5.91 Å². The summed E-state index contributed by atoms with van der Waals surface area (Å²) in [6.45, 7) is 2.87. The lowest BCUT2D eigenvalue weighted by Crippen LogP contribution is -2.46. The number of benzene rings is 1. The van der Waals surface area contributed by atoms with Gasteiger partial charge in [-0.15, -0.1) is 0 Å². The highest BCUT2D eigenvalue weighted by molar-refractivity contribution is 5.94. The monoisotopic (exact) mass is 285 g/mol. The average molecular weight is 285 g/mol. The first-order chi connectivity index (χ1) is 10.0. The van der Waals surface area contributed by atoms with Gasteiger partial charge in [-0.2, -0.15) is 5.26 Å². The Balaban J connectivity index is 1.97. The van der Waals surface area contributed by atoms with Gasteiger partial charge in [-0.1, -0.05) is 0 Å². The summed E-state index contributed by atoms with van der Waals surface area (Å²) in [5, 5.41) is 8.76. The molecule has 0 atom stereocenters. The van der Waals surface area contributed by atoms with Crippen molar-refractivity contribution < 1.29 is 9.59 Å². The third-order valence-electron chi connectivity index (χ3n) is 4.06. The highest BCUT2D eigenvalue weighted by atomic mass is 16.2. The molecule has 1 aliphatic rings. The van der Waals surface area contributed by atoms with Crippen LogP contribution in [0.2, 0.25) is 0 Å². The van der Waals surface area contributed by atoms with E-state index in [0.717, 1.165) is 12.8 Å². The molecule has 0 N–H and O–H groups in total. The zero-order chi connectivity index (χ0) is 15.4. The summed E-state index contributed by atoms with van der Waals surface area (Å²) in [6.07, 6.45) is 1.61. The lowest BCUT2D eigenvalue weighted by atomic mass is 10.0. The molecule has 110 valence electrons. The van der Waals surface area contributed by atoms with Crippen LogP contribution in [0.4, 0.5) is 0 Å². The fourth-order valence-corrected chi connectivity index (χ4v) is 2.58. The number of amides is 2. The Morgan fingerprint density at radius 1 is 1.24 bits per heavy atom. The molecule has 1 aromatic carbocycles. The van der Waals surface area contributed by atoms with Crippen LogP contribution in [0.1, 0.15) is 35.7 Å². The summed E-state index contributed by atoms with van der Waals surface area (Å²) in [6, 6.07) is 8.95. The minimum absolute atomic E-state index is 0.0107. The highest BCUT2D eigenvalue weighted by Crippen LogP contribution is 2.18. The number of hydrogen-bond donors (Lipinski definition) is 0. The Morgan fingerprint density at radius 3 is 2.29 bits per heavy atom. The van der Waals surface area contributed by atoms with Gasteiger partial charge in [-0.3, -0.25) is 9.59 Å². The predicted octanol–water partition coefficient (Wildman–Crippen LogP) is 1.64. The summed E-state index contributed by atoms with van der Waals surface area (Å²) >= 11 is 0. The van der Waals surface area contributed by atoms with Crippen molar-refractivity contribution >= 4 is 11.8 Å². The van der Waals surface area contributed by atoms with Crippen molar-refractivity contribution in [1.82, 2.24) is 9.80 Å². The van der Waals surface area contributed by atoms with Gasteiger partial charge in [0.2, 0.25) is 5.91 Å². The lowest BCUT2D eigenvalue weighted by Gasteiger charge is -2.36. The average Bonchev–Trinajstić information content (AvgIpc) is 2.53. The van der Waals surface area contributed by atoms with E-state index in [9.17, 15) is 9.59 Å². The first kappa shape index (κ1) is 15.0. The van der Waals surface area contributed by atoms with Crippen molar-refractivity contribution in [3.8, 4) is 6.07 Å². The van der Waals surface area contributed by atoms with Crippen LogP contribution in [0.15, 0.2) is 24.3 Å². The Bertz CT molecular complexity index is 566. The minimum atomic E-state index is -0.0107. The molecule has 0 saturated carbocycles. The summed E-state index contributed by atoms with van der Waals surface area (Å²) in [5.41, 5.74) is 1.15. The van der Waals surface area contributed by atoms with Crippen molar-refractivity contribution in [1.29, 1.82) is 5.26 Å². The van der Waals surface area contributed by atoms with Gasteiger partial charge in [-0.25, -0.2) is 0 Å². The van der Waals surface area contributed by atoms with Crippen molar-refractivity contribution in [2.75, 3.05) is 20.1 Å². The molecule has 5 heteroatoms. The summed E-state index contributed by atoms with van der Waals surface area (Å²) in [7, 11) is 1.81. The van der Waals surface area contributed by atoms with Gasteiger partial charge >= 0.3 is 0 Å². The van der Waals surface area contributed by atoms with Gasteiger partial charge in [-0.05, 0) is 37.1 Å². The summed E-state index contributed by atoms with van der Waals surface area (Å²) < 4.78 is 0. The molecule has 5 nitrogen and oxygen atoms in total. The zero-order valence-corrected chi connectivity index (χ0v) is 12.4. The third kappa shape index (κ3) is 3.40. The smallest absolute Gasteiger partial charge is 0.253 e. The number of hydrogen-bond acceptors (Lipinski definition) is 3. The van der Waals surface area contributed by atoms with Crippen LogP contribution in [0.5, 0.6) is 0 Å². The quantitative estimate of drug-likeness (QED) is 0.829. The Labute approximate surface area is 124 Å². The number of carbonyl (C=O) groups is 2. The molecule has 21 heavy (non-hydrogen) atoms. The van der Waals surface area contributed by atoms with Gasteiger partial charge in [0.05, 0.1) is 11.6 Å². The van der Waals surface area contributed by atoms with E-state index in [4.69, 9.17) is 5.26 Å². The molecule has 0 unspecified atom stereocenters. The van der Waals surface area contributed by atoms with Crippen LogP contribution in [-0.4, -0.2) is 47.8 Å². The van der Waals surface area contributed by atoms with Crippen molar-refractivity contribution in [2.45, 2.75) is 25.8 Å². The topological polar surface area (TPSA) is 64.4 Å². The molecular weight excluding hydrogens is 266 g/mol. The number of likely N-dealkylation sites (tertiary alicyclic amines) is 1. The molecule has 2 amide bonds. The van der Waals surface area contributed by atoms with E-state index >= 15 is 0 Å². The molecule has 0 radical (unpaired) electrons. The second-order valence-corrected chi connectivity index (χ2v) is 5.34. The SMILES string of the molecule is CC(=O)N(C)C1CCN(C(=O)c2ccc(C#N)cc2)CC1. The molecule has 1 saturated heterocycles. The van der Waals surface area contributed by atoms with Crippen LogP contribution in [0, 0.1) is 11.3 Å². The van der Waals surface area contributed by atoms with E-state index in [0.29, 0.717) is 24.2 Å². The molecule has 0 aliphatic carbocycles. The van der Waals surface area contributed by atoms with E-state index in [1.807, 2.05) is 18.0 Å². The fourth-order valence-electron chi connectivity index (χ4n) is 2.58. The van der Waals surface area contributed by atoms with E-state index in [-0.39, 0.29) is 17.9 Å². The molecule has 1 aliphatic heterocycles. The molecule has 0 aromatic heterocycles. The van der Waals surface area contributed by atoms with E-state index in [1.54, 1.807) is 36.1 Å². The second kappa shape index (κ2) is 6.40. The Hall–Kier alpha value is -2.35. The molecule has 1 fully saturated rings. The molecule has 0 spiro atoms. The van der Waals surface area contributed by atoms with E-state index in [1.165, 1.54) is 0 Å². The predicted molar refractivity (Wildman–Crippen MR) is 78.5 cm³/mol. The zero-order valence-electron chi connectivity index (χ0n) is 12.4. The molecular formula is C16H19N3O2. The largest absolute Gasteiger partial charge is 0.343 e. The van der Waals surface area contributed by atoms with Gasteiger partial charge in [0.15, 0.2) is 0 Å². The number of rotatable bonds is 2. The van der Waals surface area contributed by atoms with E-state index in [2.05, 4.69) is 0 Å². The number of nitriles is 1. The Morgan fingerprint density at radius 2 is 1.81 bits per heavy atom. The molecule has 1 heterocycles. The lowest BCUT2D eigenvalue weighted by molar-refractivity contribution is -0.130. The van der Waals surface area contributed by atoms with Gasteiger partial charge in [0, 0.05) is 38.7 Å². The van der Waals surface area contributed by atoms with Crippen molar-refractivity contribution in [3.05, 3.63) is 35.4 Å². The normalized spacial score (nSPS) is 15.4. The minimum Gasteiger partial charge on any atom is -0.343 e. The first-order valence-corrected chi connectivity index (χ1v) is 7.05. The van der Waals surface area contributed by atoms with Crippen LogP contribution >= 0.6 is 0 Å². The maximum Gasteiger partial charge on any atom is 0.253 e. The molecule has 1 aromatic rings. The van der Waals surface area contributed by atoms with E-state index < -0.39 is 0 Å². The maximum atomic E-state index is 12.4. The summed E-state index contributed by atoms with van der Waals surface area (Å²) in [5.74, 6) is 0.0512. The van der Waals surface area contributed by atoms with Crippen LogP contribution in [-0.2, 0) is 4.79 Å². The number of nitrogens with zero attached hydrogens (tertiary/aromatic N) is 3. The maximum absolute atomic E-state index is 12.4. The van der Waals surface area contributed by atoms with Crippen LogP contribution < -0.4 is 0 Å². The fraction of sp³-hybridized carbons (Fsp3) is 0.438. The second-order valence-electron chi connectivity index (χ2n) is 5.34. The first-order valence-electron chi connectivity index (χ1n) is 7.05. The Kier molecular flexibility index (Phi) is 4.59. The van der Waals surface area contributed by atoms with Crippen LogP contribution in [0.25, 0.3) is 0 Å². The van der Waals surface area contributed by atoms with Crippen molar-refractivity contribution in [2.24, 2.45) is 0 Å². The molecule has 2 rings (SSSR count). The molecule has 0 bridgehead atoms. The number of piperidine rings is 1. The number of carbonyl (C=O) groups excluding carboxylic acids is 2. The van der Waals surface area contributed by atoms with Crippen LogP contribution in [0.3, 0.4) is 0 Å². The standard InChI is InChI=1S/C16H19N3O2/c1-12(20)18(2)15-7-9-19(10-8-15)16(21)14-5-3-13(11-17)4-6-14/h3-6,15H,7-10H2,1-2H3.